The first-order valence-corrected chi connectivity index (χ1v) is 6.58. The lowest BCUT2D eigenvalue weighted by Gasteiger charge is -2.04. The fraction of sp³-hybridized carbons (Fsp3) is 0.727. The Morgan fingerprint density at radius 2 is 1.62 bits per heavy atom. The second-order valence-electron chi connectivity index (χ2n) is 5.41. The average molecular weight is 238 g/mol. The zero-order chi connectivity index (χ0) is 12.1. The van der Waals surface area contributed by atoms with Crippen molar-refractivity contribution >= 4 is 17.7 Å². The molecule has 2 N–H and O–H groups in total. The van der Waals surface area contributed by atoms with Crippen molar-refractivity contribution in [3.63, 3.8) is 0 Å². The summed E-state index contributed by atoms with van der Waals surface area (Å²) in [5, 5.41) is 0.709. The molecular weight excluding hydrogens is 220 g/mol. The monoisotopic (exact) mass is 238 g/mol. The van der Waals surface area contributed by atoms with Crippen LogP contribution < -0.4 is 5.73 Å². The van der Waals surface area contributed by atoms with Crippen LogP contribution in [-0.2, 0) is 0 Å². The molecule has 1 saturated carbocycles. The molecule has 0 bridgehead atoms. The first-order chi connectivity index (χ1) is 7.30. The second kappa shape index (κ2) is 3.32. The minimum Gasteiger partial charge on any atom is -0.368 e. The number of rotatable bonds is 2. The molecule has 0 amide bonds. The summed E-state index contributed by atoms with van der Waals surface area (Å²) in [5.41, 5.74) is 6.17. The van der Waals surface area contributed by atoms with E-state index in [9.17, 15) is 0 Å². The van der Waals surface area contributed by atoms with E-state index in [0.717, 1.165) is 5.82 Å². The summed E-state index contributed by atoms with van der Waals surface area (Å²) in [7, 11) is 0. The van der Waals surface area contributed by atoms with Crippen LogP contribution in [0.1, 0.15) is 39.4 Å². The molecule has 1 aromatic heterocycles. The lowest BCUT2D eigenvalue weighted by atomic mass is 10.0. The van der Waals surface area contributed by atoms with Crippen molar-refractivity contribution in [3.8, 4) is 0 Å². The molecule has 88 valence electrons. The molecule has 0 saturated heterocycles. The number of nitrogens with two attached hydrogens (primary N) is 1. The van der Waals surface area contributed by atoms with E-state index in [1.54, 1.807) is 0 Å². The largest absolute Gasteiger partial charge is 0.368 e. The summed E-state index contributed by atoms with van der Waals surface area (Å²) in [5.74, 6) is 1.54. The van der Waals surface area contributed by atoms with Crippen LogP contribution in [-0.4, -0.2) is 21.2 Å². The number of anilines is 1. The molecule has 1 aromatic rings. The Balaban J connectivity index is 2.40. The van der Waals surface area contributed by atoms with Crippen LogP contribution in [0.25, 0.3) is 0 Å². The van der Waals surface area contributed by atoms with E-state index in [0.29, 0.717) is 17.0 Å². The van der Waals surface area contributed by atoms with Crippen molar-refractivity contribution in [1.29, 1.82) is 0 Å². The van der Waals surface area contributed by atoms with Crippen molar-refractivity contribution in [2.75, 3.05) is 12.0 Å². The zero-order valence-electron chi connectivity index (χ0n) is 10.4. The van der Waals surface area contributed by atoms with Gasteiger partial charge in [-0.3, -0.25) is 0 Å². The summed E-state index contributed by atoms with van der Waals surface area (Å²) in [6, 6.07) is 0. The van der Waals surface area contributed by atoms with Crippen molar-refractivity contribution in [2.24, 2.45) is 10.8 Å². The quantitative estimate of drug-likeness (QED) is 0.801. The Hall–Kier alpha value is -0.840. The van der Waals surface area contributed by atoms with E-state index < -0.39 is 0 Å². The van der Waals surface area contributed by atoms with Crippen LogP contribution in [0.2, 0.25) is 0 Å². The van der Waals surface area contributed by atoms with Crippen LogP contribution in [0, 0.1) is 10.8 Å². The van der Waals surface area contributed by atoms with Gasteiger partial charge >= 0.3 is 0 Å². The van der Waals surface area contributed by atoms with Gasteiger partial charge in [-0.25, -0.2) is 4.98 Å². The Morgan fingerprint density at radius 1 is 1.06 bits per heavy atom. The number of nitrogen functional groups attached to an aromatic ring is 1. The summed E-state index contributed by atoms with van der Waals surface area (Å²) in [6.07, 6.45) is 1.95. The third-order valence-corrected chi connectivity index (χ3v) is 4.66. The molecule has 0 aromatic carbocycles. The molecule has 0 spiro atoms. The van der Waals surface area contributed by atoms with Gasteiger partial charge in [-0.05, 0) is 17.1 Å². The highest BCUT2D eigenvalue weighted by Crippen LogP contribution is 2.72. The highest BCUT2D eigenvalue weighted by Gasteiger charge is 2.66. The van der Waals surface area contributed by atoms with Crippen molar-refractivity contribution in [1.82, 2.24) is 15.0 Å². The molecule has 1 aliphatic carbocycles. The van der Waals surface area contributed by atoms with E-state index in [1.165, 1.54) is 11.8 Å². The predicted octanol–water partition coefficient (Wildman–Crippen LogP) is 2.33. The molecule has 5 heteroatoms. The fourth-order valence-corrected chi connectivity index (χ4v) is 2.82. The van der Waals surface area contributed by atoms with Gasteiger partial charge in [0.05, 0.1) is 0 Å². The standard InChI is InChI=1S/C11H18N4S/c1-10(2)6(11(10,3)4)7-13-8(12)15-9(14-7)16-5/h6H,1-5H3,(H2,12,13,14,15). The number of aromatic nitrogens is 3. The lowest BCUT2D eigenvalue weighted by Crippen LogP contribution is -2.05. The Labute approximate surface area is 100 Å². The van der Waals surface area contributed by atoms with E-state index in [1.807, 2.05) is 6.26 Å². The maximum absolute atomic E-state index is 5.70. The zero-order valence-corrected chi connectivity index (χ0v) is 11.2. The van der Waals surface area contributed by atoms with Gasteiger partial charge in [0, 0.05) is 5.92 Å². The first kappa shape index (κ1) is 11.6. The molecule has 0 radical (unpaired) electrons. The summed E-state index contributed by atoms with van der Waals surface area (Å²) >= 11 is 1.50. The maximum atomic E-state index is 5.70. The number of hydrogen-bond acceptors (Lipinski definition) is 5. The minimum atomic E-state index is 0.233. The highest BCUT2D eigenvalue weighted by molar-refractivity contribution is 7.98. The number of hydrogen-bond donors (Lipinski definition) is 1. The van der Waals surface area contributed by atoms with Gasteiger partial charge in [-0.1, -0.05) is 39.5 Å². The lowest BCUT2D eigenvalue weighted by molar-refractivity contribution is 0.457. The van der Waals surface area contributed by atoms with Crippen molar-refractivity contribution in [2.45, 2.75) is 38.8 Å². The van der Waals surface area contributed by atoms with Crippen LogP contribution in [0.3, 0.4) is 0 Å². The van der Waals surface area contributed by atoms with E-state index in [4.69, 9.17) is 5.73 Å². The average Bonchev–Trinajstić information content (AvgIpc) is 2.56. The van der Waals surface area contributed by atoms with E-state index in [2.05, 4.69) is 42.6 Å². The predicted molar refractivity (Wildman–Crippen MR) is 66.3 cm³/mol. The van der Waals surface area contributed by atoms with Crippen LogP contribution in [0.15, 0.2) is 5.16 Å². The van der Waals surface area contributed by atoms with Gasteiger partial charge in [0.15, 0.2) is 5.16 Å². The molecule has 0 unspecified atom stereocenters. The summed E-state index contributed by atoms with van der Waals surface area (Å²) < 4.78 is 0. The van der Waals surface area contributed by atoms with Crippen LogP contribution in [0.5, 0.6) is 0 Å². The van der Waals surface area contributed by atoms with Crippen molar-refractivity contribution < 1.29 is 0 Å². The smallest absolute Gasteiger partial charge is 0.224 e. The first-order valence-electron chi connectivity index (χ1n) is 5.36. The molecule has 0 atom stereocenters. The molecule has 1 heterocycles. The van der Waals surface area contributed by atoms with Gasteiger partial charge in [-0.2, -0.15) is 9.97 Å². The normalized spacial score (nSPS) is 22.1. The summed E-state index contributed by atoms with van der Waals surface area (Å²) in [6.45, 7) is 8.99. The van der Waals surface area contributed by atoms with Crippen LogP contribution in [0.4, 0.5) is 5.95 Å². The molecule has 1 aliphatic rings. The highest BCUT2D eigenvalue weighted by atomic mass is 32.2. The number of nitrogens with zero attached hydrogens (tertiary/aromatic N) is 3. The van der Waals surface area contributed by atoms with Gasteiger partial charge in [-0.15, -0.1) is 0 Å². The van der Waals surface area contributed by atoms with Crippen molar-refractivity contribution in [3.05, 3.63) is 5.82 Å². The molecule has 1 fully saturated rings. The third kappa shape index (κ3) is 1.49. The third-order valence-electron chi connectivity index (χ3n) is 4.11. The Kier molecular flexibility index (Phi) is 2.42. The van der Waals surface area contributed by atoms with E-state index in [-0.39, 0.29) is 10.8 Å². The molecule has 16 heavy (non-hydrogen) atoms. The summed E-state index contributed by atoms with van der Waals surface area (Å²) in [4.78, 5) is 12.8. The topological polar surface area (TPSA) is 64.7 Å². The van der Waals surface area contributed by atoms with Gasteiger partial charge < -0.3 is 5.73 Å². The maximum Gasteiger partial charge on any atom is 0.224 e. The molecular formula is C11H18N4S. The van der Waals surface area contributed by atoms with Gasteiger partial charge in [0.2, 0.25) is 5.95 Å². The minimum absolute atomic E-state index is 0.233. The Morgan fingerprint density at radius 3 is 2.06 bits per heavy atom. The van der Waals surface area contributed by atoms with Gasteiger partial charge in [0.25, 0.3) is 0 Å². The molecule has 2 rings (SSSR count). The SMILES string of the molecule is CSc1nc(N)nc(C2C(C)(C)C2(C)C)n1. The van der Waals surface area contributed by atoms with Gasteiger partial charge in [0.1, 0.15) is 5.82 Å². The fourth-order valence-electron chi connectivity index (χ4n) is 2.45. The second-order valence-corrected chi connectivity index (χ2v) is 6.19. The molecule has 0 aliphatic heterocycles. The van der Waals surface area contributed by atoms with E-state index >= 15 is 0 Å². The van der Waals surface area contributed by atoms with Crippen LogP contribution >= 0.6 is 11.8 Å². The number of thioether (sulfide) groups is 1. The molecule has 4 nitrogen and oxygen atoms in total. The Bertz CT molecular complexity index is 414.